The maximum atomic E-state index is 13.4. The van der Waals surface area contributed by atoms with Crippen LogP contribution in [0.4, 0.5) is 5.69 Å². The van der Waals surface area contributed by atoms with E-state index in [1.165, 1.54) is 12.8 Å². The van der Waals surface area contributed by atoms with E-state index in [-0.39, 0.29) is 11.8 Å². The molecule has 3 aromatic carbocycles. The highest BCUT2D eigenvalue weighted by Crippen LogP contribution is 2.39. The van der Waals surface area contributed by atoms with Crippen LogP contribution < -0.4 is 5.32 Å². The molecule has 1 aliphatic rings. The van der Waals surface area contributed by atoms with Crippen LogP contribution in [0.15, 0.2) is 72.8 Å². The van der Waals surface area contributed by atoms with Crippen LogP contribution >= 0.6 is 22.9 Å². The molecule has 1 aromatic heterocycles. The number of carbonyl (C=O) groups excluding carboxylic acids is 1. The van der Waals surface area contributed by atoms with Gasteiger partial charge in [0.1, 0.15) is 5.01 Å². The first-order chi connectivity index (χ1) is 15.2. The summed E-state index contributed by atoms with van der Waals surface area (Å²) in [5, 5.41) is 4.66. The quantitative estimate of drug-likeness (QED) is 0.344. The molecular weight excluding hydrogens is 424 g/mol. The van der Waals surface area contributed by atoms with Crippen molar-refractivity contribution in [3.63, 3.8) is 0 Å². The third kappa shape index (κ3) is 4.23. The molecule has 3 nitrogen and oxygen atoms in total. The fourth-order valence-electron chi connectivity index (χ4n) is 4.56. The van der Waals surface area contributed by atoms with Crippen molar-refractivity contribution in [2.24, 2.45) is 5.92 Å². The number of anilines is 1. The van der Waals surface area contributed by atoms with Crippen molar-refractivity contribution in [3.05, 3.63) is 83.4 Å². The summed E-state index contributed by atoms with van der Waals surface area (Å²) < 4.78 is 1.12. The van der Waals surface area contributed by atoms with Gasteiger partial charge in [-0.15, -0.1) is 11.3 Å². The van der Waals surface area contributed by atoms with Crippen molar-refractivity contribution in [1.29, 1.82) is 0 Å². The third-order valence-electron chi connectivity index (χ3n) is 6.07. The van der Waals surface area contributed by atoms with Gasteiger partial charge in [0.25, 0.3) is 0 Å². The van der Waals surface area contributed by atoms with E-state index in [4.69, 9.17) is 16.6 Å². The monoisotopic (exact) mass is 446 g/mol. The summed E-state index contributed by atoms with van der Waals surface area (Å²) in [6.45, 7) is 0. The van der Waals surface area contributed by atoms with Crippen LogP contribution in [-0.4, -0.2) is 10.9 Å². The Labute approximate surface area is 191 Å². The number of hydrogen-bond donors (Lipinski definition) is 1. The minimum absolute atomic E-state index is 0.0515. The molecule has 0 saturated heterocycles. The summed E-state index contributed by atoms with van der Waals surface area (Å²) in [7, 11) is 0. The number of thiazole rings is 1. The van der Waals surface area contributed by atoms with Gasteiger partial charge in [-0.3, -0.25) is 4.79 Å². The first-order valence-corrected chi connectivity index (χ1v) is 11.9. The van der Waals surface area contributed by atoms with Gasteiger partial charge >= 0.3 is 0 Å². The van der Waals surface area contributed by atoms with Crippen LogP contribution in [0.1, 0.15) is 37.2 Å². The summed E-state index contributed by atoms with van der Waals surface area (Å²) in [4.78, 5) is 18.1. The minimum Gasteiger partial charge on any atom is -0.326 e. The topological polar surface area (TPSA) is 42.0 Å². The van der Waals surface area contributed by atoms with Gasteiger partial charge in [-0.05, 0) is 54.7 Å². The van der Waals surface area contributed by atoms with Crippen molar-refractivity contribution in [2.45, 2.75) is 31.6 Å². The number of halogens is 1. The summed E-state index contributed by atoms with van der Waals surface area (Å²) in [5.41, 5.74) is 3.64. The molecule has 5 rings (SSSR count). The maximum Gasteiger partial charge on any atom is 0.232 e. The molecule has 0 aliphatic heterocycles. The van der Waals surface area contributed by atoms with Crippen molar-refractivity contribution in [1.82, 2.24) is 4.98 Å². The van der Waals surface area contributed by atoms with Gasteiger partial charge in [-0.25, -0.2) is 4.98 Å². The average Bonchev–Trinajstić information content (AvgIpc) is 3.46. The summed E-state index contributed by atoms with van der Waals surface area (Å²) >= 11 is 8.12. The first kappa shape index (κ1) is 20.2. The summed E-state index contributed by atoms with van der Waals surface area (Å²) in [6, 6.07) is 23.9. The van der Waals surface area contributed by atoms with Crippen molar-refractivity contribution in [2.75, 3.05) is 5.32 Å². The van der Waals surface area contributed by atoms with Crippen LogP contribution in [0.5, 0.6) is 0 Å². The zero-order valence-corrected chi connectivity index (χ0v) is 18.6. The lowest BCUT2D eigenvalue weighted by Gasteiger charge is -2.23. The number of rotatable bonds is 5. The molecule has 31 heavy (non-hydrogen) atoms. The molecule has 0 unspecified atom stereocenters. The lowest BCUT2D eigenvalue weighted by Crippen LogP contribution is -2.26. The van der Waals surface area contributed by atoms with Gasteiger partial charge in [0.15, 0.2) is 0 Å². The van der Waals surface area contributed by atoms with Crippen LogP contribution in [0.25, 0.3) is 20.8 Å². The number of nitrogens with one attached hydrogen (secondary N) is 1. The number of nitrogens with zero attached hydrogens (tertiary/aromatic N) is 1. The predicted octanol–water partition coefficient (Wildman–Crippen LogP) is 7.53. The number of hydrogen-bond acceptors (Lipinski definition) is 3. The first-order valence-electron chi connectivity index (χ1n) is 10.7. The molecule has 0 spiro atoms. The Morgan fingerprint density at radius 3 is 2.52 bits per heavy atom. The van der Waals surface area contributed by atoms with Crippen LogP contribution in [0.3, 0.4) is 0 Å². The second-order valence-electron chi connectivity index (χ2n) is 8.10. The normalized spacial score (nSPS) is 15.3. The zero-order chi connectivity index (χ0) is 21.2. The maximum absolute atomic E-state index is 13.4. The lowest BCUT2D eigenvalue weighted by atomic mass is 9.84. The smallest absolute Gasteiger partial charge is 0.232 e. The van der Waals surface area contributed by atoms with Crippen LogP contribution in [0.2, 0.25) is 5.02 Å². The van der Waals surface area contributed by atoms with Gasteiger partial charge in [0.2, 0.25) is 5.91 Å². The number of benzene rings is 3. The highest BCUT2D eigenvalue weighted by Gasteiger charge is 2.32. The van der Waals surface area contributed by atoms with Crippen LogP contribution in [0, 0.1) is 5.92 Å². The van der Waals surface area contributed by atoms with Crippen molar-refractivity contribution >= 4 is 44.7 Å². The van der Waals surface area contributed by atoms with Crippen LogP contribution in [-0.2, 0) is 4.79 Å². The molecule has 156 valence electrons. The fraction of sp³-hybridized carbons (Fsp3) is 0.231. The summed E-state index contributed by atoms with van der Waals surface area (Å²) in [6.07, 6.45) is 4.60. The predicted molar refractivity (Wildman–Crippen MR) is 130 cm³/mol. The minimum atomic E-state index is -0.134. The number of carbonyl (C=O) groups is 1. The van der Waals surface area contributed by atoms with E-state index in [9.17, 15) is 4.79 Å². The Hall–Kier alpha value is -2.69. The van der Waals surface area contributed by atoms with Gasteiger partial charge < -0.3 is 5.32 Å². The largest absolute Gasteiger partial charge is 0.326 e. The molecular formula is C26H23ClN2OS. The zero-order valence-electron chi connectivity index (χ0n) is 17.1. The number of para-hydroxylation sites is 1. The molecule has 5 heteroatoms. The Morgan fingerprint density at radius 1 is 1.00 bits per heavy atom. The van der Waals surface area contributed by atoms with Crippen molar-refractivity contribution in [3.8, 4) is 10.6 Å². The van der Waals surface area contributed by atoms with E-state index in [1.54, 1.807) is 11.3 Å². The standard InChI is InChI=1S/C26H23ClN2OS/c27-21-15-14-19(16-20(21)26-29-22-12-6-7-13-23(22)31-26)28-25(30)24(18-10-4-5-11-18)17-8-2-1-3-9-17/h1-3,6-9,12-16,18,24H,4-5,10-11H2,(H,28,30)/t24-/m0/s1. The fourth-order valence-corrected chi connectivity index (χ4v) is 5.82. The van der Waals surface area contributed by atoms with Gasteiger partial charge in [0, 0.05) is 11.3 Å². The molecule has 0 radical (unpaired) electrons. The molecule has 1 saturated carbocycles. The van der Waals surface area contributed by atoms with E-state index >= 15 is 0 Å². The second-order valence-corrected chi connectivity index (χ2v) is 9.54. The van der Waals surface area contributed by atoms with Crippen molar-refractivity contribution < 1.29 is 4.79 Å². The van der Waals surface area contributed by atoms with Gasteiger partial charge in [0.05, 0.1) is 21.2 Å². The Balaban J connectivity index is 1.45. The summed E-state index contributed by atoms with van der Waals surface area (Å²) in [5.74, 6) is 0.305. The Morgan fingerprint density at radius 2 is 1.74 bits per heavy atom. The van der Waals surface area contributed by atoms with Gasteiger partial charge in [-0.2, -0.15) is 0 Å². The number of amides is 1. The van der Waals surface area contributed by atoms with E-state index in [0.717, 1.165) is 44.9 Å². The van der Waals surface area contributed by atoms with E-state index in [0.29, 0.717) is 10.9 Å². The lowest BCUT2D eigenvalue weighted by molar-refractivity contribution is -0.118. The number of fused-ring (bicyclic) bond motifs is 1. The molecule has 4 aromatic rings. The molecule has 1 aliphatic carbocycles. The molecule has 1 amide bonds. The van der Waals surface area contributed by atoms with E-state index in [2.05, 4.69) is 23.5 Å². The Bertz CT molecular complexity index is 1180. The van der Waals surface area contributed by atoms with E-state index in [1.807, 2.05) is 54.6 Å². The molecule has 1 N–H and O–H groups in total. The third-order valence-corrected chi connectivity index (χ3v) is 7.47. The molecule has 1 heterocycles. The Kier molecular flexibility index (Phi) is 5.75. The molecule has 1 fully saturated rings. The van der Waals surface area contributed by atoms with Gasteiger partial charge in [-0.1, -0.05) is 66.9 Å². The highest BCUT2D eigenvalue weighted by atomic mass is 35.5. The number of aromatic nitrogens is 1. The molecule has 0 bridgehead atoms. The SMILES string of the molecule is O=C(Nc1ccc(Cl)c(-c2nc3ccccc3s2)c1)[C@@H](c1ccccc1)C1CCCC1. The average molecular weight is 447 g/mol. The van der Waals surface area contributed by atoms with E-state index < -0.39 is 0 Å². The molecule has 1 atom stereocenters. The highest BCUT2D eigenvalue weighted by molar-refractivity contribution is 7.21. The second kappa shape index (κ2) is 8.81.